The summed E-state index contributed by atoms with van der Waals surface area (Å²) in [4.78, 5) is 30.8. The second kappa shape index (κ2) is 15.8. The highest BCUT2D eigenvalue weighted by molar-refractivity contribution is 6.45. The van der Waals surface area contributed by atoms with Crippen LogP contribution in [-0.4, -0.2) is 54.6 Å². The van der Waals surface area contributed by atoms with Gasteiger partial charge in [0.05, 0.1) is 12.2 Å². The maximum atomic E-state index is 12.7. The lowest BCUT2D eigenvalue weighted by molar-refractivity contribution is -0.136. The van der Waals surface area contributed by atoms with E-state index in [1.165, 1.54) is 65.5 Å². The minimum Gasteiger partial charge on any atom is -0.372 e. The van der Waals surface area contributed by atoms with E-state index in [1.54, 1.807) is 7.05 Å². The van der Waals surface area contributed by atoms with Crippen LogP contribution in [0.2, 0.25) is 0 Å². The van der Waals surface area contributed by atoms with Crippen molar-refractivity contribution in [3.05, 3.63) is 45.5 Å². The van der Waals surface area contributed by atoms with E-state index in [0.29, 0.717) is 42.8 Å². The van der Waals surface area contributed by atoms with E-state index in [0.717, 1.165) is 32.1 Å². The molecular weight excluding hydrogens is 508 g/mol. The smallest absolute Gasteiger partial charge is 0.272 e. The molecule has 1 amide bonds. The van der Waals surface area contributed by atoms with Gasteiger partial charge in [-0.25, -0.2) is 0 Å². The lowest BCUT2D eigenvalue weighted by Crippen LogP contribution is -2.50. The van der Waals surface area contributed by atoms with Gasteiger partial charge in [0.2, 0.25) is 0 Å². The predicted octanol–water partition coefficient (Wildman–Crippen LogP) is 8.23. The van der Waals surface area contributed by atoms with Crippen LogP contribution in [-0.2, 0) is 14.3 Å². The molecule has 1 saturated heterocycles. The highest BCUT2D eigenvalue weighted by atomic mass is 16.5. The number of nitrogens with zero attached hydrogens (tertiary/aromatic N) is 2. The Morgan fingerprint density at radius 3 is 2.02 bits per heavy atom. The fraction of sp³-hybridized carbons (Fsp3) is 0.694. The Morgan fingerprint density at radius 1 is 0.878 bits per heavy atom. The van der Waals surface area contributed by atoms with Gasteiger partial charge >= 0.3 is 0 Å². The first kappa shape index (κ1) is 33.2. The molecule has 5 nitrogen and oxygen atoms in total. The second-order valence-corrected chi connectivity index (χ2v) is 12.9. The van der Waals surface area contributed by atoms with E-state index in [9.17, 15) is 9.59 Å². The van der Waals surface area contributed by atoms with Gasteiger partial charge in [-0.3, -0.25) is 14.6 Å². The molecule has 2 unspecified atom stereocenters. The summed E-state index contributed by atoms with van der Waals surface area (Å²) in [7, 11) is 1.72. The molecule has 1 heterocycles. The molecule has 3 aliphatic rings. The molecule has 1 saturated carbocycles. The number of morpholine rings is 1. The zero-order chi connectivity index (χ0) is 30.1. The van der Waals surface area contributed by atoms with Gasteiger partial charge in [0.15, 0.2) is 0 Å². The van der Waals surface area contributed by atoms with Crippen LogP contribution in [0.1, 0.15) is 126 Å². The van der Waals surface area contributed by atoms with Crippen LogP contribution >= 0.6 is 0 Å². The van der Waals surface area contributed by atoms with Crippen molar-refractivity contribution in [2.45, 2.75) is 137 Å². The van der Waals surface area contributed by atoms with Crippen molar-refractivity contribution in [2.75, 3.05) is 20.1 Å². The van der Waals surface area contributed by atoms with E-state index in [-0.39, 0.29) is 18.1 Å². The number of carbonyl (C=O) groups excluding carboxylic acids is 2. The highest BCUT2D eigenvalue weighted by Crippen LogP contribution is 2.34. The summed E-state index contributed by atoms with van der Waals surface area (Å²) < 4.78 is 5.68. The standard InChI is InChI=1S/C21H32O.C15H24N2O2/c1-5-21(22)19-10-7-6-9-18(11-8-12-19)20-13-15(2)17(4)16(3)14-20;1-10-6-5-7-13(10)14(16-4)15(18)17-8-11(2)19-12(3)9-17/h13-14,18-19H,5-12H2,1-4H3;11-12H,5-9H2,1-4H3/t;11-,12+. The first-order chi connectivity index (χ1) is 19.5. The number of benzene rings is 1. The number of rotatable bonds is 5. The van der Waals surface area contributed by atoms with Gasteiger partial charge in [-0.2, -0.15) is 0 Å². The molecule has 41 heavy (non-hydrogen) atoms. The molecule has 2 aliphatic carbocycles. The molecular formula is C36H56N2O3. The van der Waals surface area contributed by atoms with Crippen molar-refractivity contribution < 1.29 is 14.3 Å². The first-order valence-corrected chi connectivity index (χ1v) is 16.3. The summed E-state index contributed by atoms with van der Waals surface area (Å²) in [5.41, 5.74) is 8.96. The molecule has 2 fully saturated rings. The number of aliphatic imine (C=N–C) groups is 1. The van der Waals surface area contributed by atoms with E-state index in [1.807, 2.05) is 25.7 Å². The van der Waals surface area contributed by atoms with Gasteiger partial charge in [-0.1, -0.05) is 43.9 Å². The van der Waals surface area contributed by atoms with E-state index in [4.69, 9.17) is 4.74 Å². The fourth-order valence-corrected chi connectivity index (χ4v) is 7.00. The molecule has 0 radical (unpaired) electrons. The normalized spacial score (nSPS) is 26.0. The number of amides is 1. The van der Waals surface area contributed by atoms with Crippen LogP contribution in [0.15, 0.2) is 28.3 Å². The third-order valence-corrected chi connectivity index (χ3v) is 9.60. The number of carbonyl (C=O) groups is 2. The SMILES string of the molecule is CCC(=O)C1CCCCC(c2cc(C)c(C)c(C)c2)CCC1.CN=C(C(=O)N1C[C@@H](C)O[C@@H](C)C1)C1=C(C)CCC1. The van der Waals surface area contributed by atoms with Gasteiger partial charge < -0.3 is 9.64 Å². The van der Waals surface area contributed by atoms with Gasteiger partial charge in [0.1, 0.15) is 11.5 Å². The zero-order valence-electron chi connectivity index (χ0n) is 27.3. The van der Waals surface area contributed by atoms with E-state index < -0.39 is 0 Å². The molecule has 1 aromatic carbocycles. The van der Waals surface area contributed by atoms with Crippen molar-refractivity contribution in [1.82, 2.24) is 4.90 Å². The van der Waals surface area contributed by atoms with E-state index in [2.05, 4.69) is 44.8 Å². The second-order valence-electron chi connectivity index (χ2n) is 12.9. The number of Topliss-reactive ketones (excluding diaryl/α,β-unsaturated/α-hetero) is 1. The molecule has 0 N–H and O–H groups in total. The molecule has 228 valence electrons. The van der Waals surface area contributed by atoms with Crippen molar-refractivity contribution in [1.29, 1.82) is 0 Å². The van der Waals surface area contributed by atoms with Crippen molar-refractivity contribution in [3.63, 3.8) is 0 Å². The quantitative estimate of drug-likeness (QED) is 0.339. The summed E-state index contributed by atoms with van der Waals surface area (Å²) in [6.07, 6.45) is 12.6. The van der Waals surface area contributed by atoms with Crippen molar-refractivity contribution in [2.24, 2.45) is 10.9 Å². The Bertz CT molecular complexity index is 1080. The monoisotopic (exact) mass is 564 g/mol. The molecule has 0 bridgehead atoms. The molecule has 0 aromatic heterocycles. The minimum atomic E-state index is 0.0701. The summed E-state index contributed by atoms with van der Waals surface area (Å²) in [6.45, 7) is 16.2. The lowest BCUT2D eigenvalue weighted by atomic mass is 9.86. The van der Waals surface area contributed by atoms with Crippen LogP contribution in [0.3, 0.4) is 0 Å². The van der Waals surface area contributed by atoms with Gasteiger partial charge in [0.25, 0.3) is 5.91 Å². The number of hydrogen-bond donors (Lipinski definition) is 0. The number of ether oxygens (including phenoxy) is 1. The third kappa shape index (κ3) is 9.11. The lowest BCUT2D eigenvalue weighted by Gasteiger charge is -2.35. The topological polar surface area (TPSA) is 59.0 Å². The van der Waals surface area contributed by atoms with Crippen LogP contribution in [0, 0.1) is 26.7 Å². The summed E-state index contributed by atoms with van der Waals surface area (Å²) in [5.74, 6) is 1.58. The Labute approximate surface area is 250 Å². The van der Waals surface area contributed by atoms with Crippen LogP contribution in [0.25, 0.3) is 0 Å². The van der Waals surface area contributed by atoms with Crippen LogP contribution in [0.4, 0.5) is 0 Å². The average molecular weight is 565 g/mol. The van der Waals surface area contributed by atoms with Gasteiger partial charge in [-0.15, -0.1) is 0 Å². The van der Waals surface area contributed by atoms with Crippen molar-refractivity contribution >= 4 is 17.4 Å². The van der Waals surface area contributed by atoms with Gasteiger partial charge in [0, 0.05) is 32.5 Å². The summed E-state index contributed by atoms with van der Waals surface area (Å²) in [6, 6.07) is 4.80. The van der Waals surface area contributed by atoms with Gasteiger partial charge in [-0.05, 0) is 120 Å². The van der Waals surface area contributed by atoms with E-state index >= 15 is 0 Å². The Hall–Kier alpha value is -2.27. The highest BCUT2D eigenvalue weighted by Gasteiger charge is 2.31. The van der Waals surface area contributed by atoms with Crippen molar-refractivity contribution in [3.8, 4) is 0 Å². The molecule has 4 atom stereocenters. The molecule has 5 heteroatoms. The first-order valence-electron chi connectivity index (χ1n) is 16.3. The Kier molecular flexibility index (Phi) is 12.8. The van der Waals surface area contributed by atoms with Crippen LogP contribution < -0.4 is 0 Å². The molecule has 1 aromatic rings. The minimum absolute atomic E-state index is 0.0701. The molecule has 1 aliphatic heterocycles. The Balaban J connectivity index is 0.000000228. The maximum Gasteiger partial charge on any atom is 0.272 e. The fourth-order valence-electron chi connectivity index (χ4n) is 7.00. The van der Waals surface area contributed by atoms with Crippen LogP contribution in [0.5, 0.6) is 0 Å². The number of hydrogen-bond acceptors (Lipinski definition) is 4. The number of allylic oxidation sites excluding steroid dienone is 1. The summed E-state index contributed by atoms with van der Waals surface area (Å²) in [5, 5.41) is 0. The third-order valence-electron chi connectivity index (χ3n) is 9.60. The predicted molar refractivity (Wildman–Crippen MR) is 171 cm³/mol. The molecule has 0 spiro atoms. The zero-order valence-corrected chi connectivity index (χ0v) is 27.3. The molecule has 4 rings (SSSR count). The number of aryl methyl sites for hydroxylation is 2. The summed E-state index contributed by atoms with van der Waals surface area (Å²) >= 11 is 0. The average Bonchev–Trinajstić information content (AvgIpc) is 3.40. The largest absolute Gasteiger partial charge is 0.372 e. The Morgan fingerprint density at radius 2 is 1.46 bits per heavy atom. The maximum absolute atomic E-state index is 12.7. The number of ketones is 1.